The van der Waals surface area contributed by atoms with Gasteiger partial charge in [-0.25, -0.2) is 0 Å². The summed E-state index contributed by atoms with van der Waals surface area (Å²) in [5, 5.41) is 3.85. The predicted octanol–water partition coefficient (Wildman–Crippen LogP) is 5.66. The van der Waals surface area contributed by atoms with E-state index in [2.05, 4.69) is 12.2 Å². The summed E-state index contributed by atoms with van der Waals surface area (Å²) in [5.74, 6) is -0.591. The van der Waals surface area contributed by atoms with Gasteiger partial charge in [-0.3, -0.25) is 14.5 Å². The van der Waals surface area contributed by atoms with E-state index >= 15 is 0 Å². The molecule has 2 amide bonds. The fraction of sp³-hybridized carbons (Fsp3) is 0.385. The second-order valence-electron chi connectivity index (χ2n) is 8.21. The monoisotopic (exact) mass is 454 g/mol. The van der Waals surface area contributed by atoms with E-state index in [0.717, 1.165) is 40.8 Å². The Morgan fingerprint density at radius 2 is 1.66 bits per heavy atom. The van der Waals surface area contributed by atoms with Crippen molar-refractivity contribution in [2.24, 2.45) is 0 Å². The number of carbonyl (C=O) groups is 2. The van der Waals surface area contributed by atoms with Gasteiger partial charge in [0.2, 0.25) is 0 Å². The Balaban J connectivity index is 1.89. The number of benzene rings is 2. The van der Waals surface area contributed by atoms with Crippen molar-refractivity contribution in [3.63, 3.8) is 0 Å². The summed E-state index contributed by atoms with van der Waals surface area (Å²) in [6, 6.07) is 11.3. The largest absolute Gasteiger partial charge is 0.381 e. The van der Waals surface area contributed by atoms with Crippen molar-refractivity contribution >= 4 is 34.7 Å². The minimum atomic E-state index is -0.314. The van der Waals surface area contributed by atoms with Crippen molar-refractivity contribution in [1.82, 2.24) is 4.90 Å². The summed E-state index contributed by atoms with van der Waals surface area (Å²) in [6.45, 7) is 9.60. The number of unbranched alkanes of at least 4 members (excludes halogenated alkanes) is 1. The molecule has 1 aliphatic heterocycles. The summed E-state index contributed by atoms with van der Waals surface area (Å²) >= 11 is 6.09. The van der Waals surface area contributed by atoms with Crippen LogP contribution in [0, 0.1) is 20.8 Å². The molecule has 2 aromatic rings. The minimum Gasteiger partial charge on any atom is -0.381 e. The van der Waals surface area contributed by atoms with Gasteiger partial charge in [0.05, 0.1) is 5.57 Å². The number of ether oxygens (including phenoxy) is 1. The predicted molar refractivity (Wildman–Crippen MR) is 130 cm³/mol. The zero-order valence-corrected chi connectivity index (χ0v) is 20.0. The van der Waals surface area contributed by atoms with Crippen LogP contribution in [0.3, 0.4) is 0 Å². The summed E-state index contributed by atoms with van der Waals surface area (Å²) in [6.07, 6.45) is 2.69. The van der Waals surface area contributed by atoms with E-state index in [1.807, 2.05) is 51.1 Å². The van der Waals surface area contributed by atoms with Crippen LogP contribution in [0.15, 0.2) is 42.1 Å². The maximum atomic E-state index is 13.4. The molecule has 0 fully saturated rings. The lowest BCUT2D eigenvalue weighted by atomic mass is 9.99. The summed E-state index contributed by atoms with van der Waals surface area (Å²) in [7, 11) is 0. The summed E-state index contributed by atoms with van der Waals surface area (Å²) in [5.41, 5.74) is 5.29. The zero-order valence-electron chi connectivity index (χ0n) is 19.3. The molecule has 2 aromatic carbocycles. The maximum Gasteiger partial charge on any atom is 0.278 e. The normalized spacial score (nSPS) is 14.0. The first-order valence-electron chi connectivity index (χ1n) is 11.1. The number of anilines is 1. The molecular formula is C26H31ClN2O3. The molecule has 170 valence electrons. The van der Waals surface area contributed by atoms with E-state index in [-0.39, 0.29) is 11.8 Å². The minimum absolute atomic E-state index is 0.277. The van der Waals surface area contributed by atoms with E-state index in [1.165, 1.54) is 4.90 Å². The van der Waals surface area contributed by atoms with Gasteiger partial charge in [-0.1, -0.05) is 43.1 Å². The smallest absolute Gasteiger partial charge is 0.278 e. The maximum absolute atomic E-state index is 13.4. The fourth-order valence-electron chi connectivity index (χ4n) is 3.64. The van der Waals surface area contributed by atoms with Gasteiger partial charge in [-0.2, -0.15) is 0 Å². The third-order valence-corrected chi connectivity index (χ3v) is 5.96. The Morgan fingerprint density at radius 1 is 0.906 bits per heavy atom. The van der Waals surface area contributed by atoms with E-state index < -0.39 is 0 Å². The van der Waals surface area contributed by atoms with Crippen molar-refractivity contribution in [2.45, 2.75) is 47.0 Å². The van der Waals surface area contributed by atoms with Gasteiger partial charge in [-0.15, -0.1) is 0 Å². The quantitative estimate of drug-likeness (QED) is 0.371. The van der Waals surface area contributed by atoms with Crippen molar-refractivity contribution < 1.29 is 14.3 Å². The van der Waals surface area contributed by atoms with Crippen LogP contribution in [-0.2, 0) is 14.3 Å². The highest BCUT2D eigenvalue weighted by atomic mass is 35.5. The molecule has 6 heteroatoms. The number of hydrogen-bond donors (Lipinski definition) is 1. The highest BCUT2D eigenvalue weighted by Gasteiger charge is 2.39. The topological polar surface area (TPSA) is 58.6 Å². The lowest BCUT2D eigenvalue weighted by molar-refractivity contribution is -0.137. The van der Waals surface area contributed by atoms with Gasteiger partial charge in [0.25, 0.3) is 11.8 Å². The number of halogens is 1. The van der Waals surface area contributed by atoms with Gasteiger partial charge >= 0.3 is 0 Å². The van der Waals surface area contributed by atoms with Gasteiger partial charge in [0, 0.05) is 30.5 Å². The molecule has 0 atom stereocenters. The number of nitrogens with zero attached hydrogens (tertiary/aromatic N) is 1. The zero-order chi connectivity index (χ0) is 23.3. The first kappa shape index (κ1) is 24.0. The Labute approximate surface area is 195 Å². The molecule has 1 N–H and O–H groups in total. The van der Waals surface area contributed by atoms with Gasteiger partial charge < -0.3 is 10.1 Å². The van der Waals surface area contributed by atoms with E-state index in [1.54, 1.807) is 6.07 Å². The number of rotatable bonds is 10. The molecule has 32 heavy (non-hydrogen) atoms. The molecule has 5 nitrogen and oxygen atoms in total. The van der Waals surface area contributed by atoms with Crippen molar-refractivity contribution in [3.8, 4) is 0 Å². The summed E-state index contributed by atoms with van der Waals surface area (Å²) in [4.78, 5) is 28.0. The van der Waals surface area contributed by atoms with Crippen LogP contribution < -0.4 is 5.32 Å². The Morgan fingerprint density at radius 3 is 2.34 bits per heavy atom. The van der Waals surface area contributed by atoms with Crippen LogP contribution in [0.25, 0.3) is 5.57 Å². The van der Waals surface area contributed by atoms with Crippen LogP contribution in [0.2, 0.25) is 5.02 Å². The lowest BCUT2D eigenvalue weighted by Crippen LogP contribution is -2.34. The number of hydrogen-bond acceptors (Lipinski definition) is 4. The van der Waals surface area contributed by atoms with E-state index in [4.69, 9.17) is 16.3 Å². The number of amides is 2. The molecule has 1 aliphatic rings. The molecule has 0 spiro atoms. The Hall–Kier alpha value is -2.63. The SMILES string of the molecule is CCCCOCCCN1C(=O)C(Nc2ccc(Cl)cc2C)=C(c2ccc(C)c(C)c2)C1=O. The molecule has 0 unspecified atom stereocenters. The second kappa shape index (κ2) is 10.8. The average Bonchev–Trinajstić information content (AvgIpc) is 2.98. The number of carbonyl (C=O) groups excluding carboxylic acids is 2. The van der Waals surface area contributed by atoms with Gasteiger partial charge in [0.1, 0.15) is 5.70 Å². The second-order valence-corrected chi connectivity index (χ2v) is 8.65. The molecule has 0 aromatic heterocycles. The van der Waals surface area contributed by atoms with Crippen LogP contribution in [0.4, 0.5) is 5.69 Å². The van der Waals surface area contributed by atoms with Crippen LogP contribution in [-0.4, -0.2) is 36.5 Å². The third-order valence-electron chi connectivity index (χ3n) is 5.72. The van der Waals surface area contributed by atoms with Crippen LogP contribution >= 0.6 is 11.6 Å². The van der Waals surface area contributed by atoms with Crippen molar-refractivity contribution in [3.05, 3.63) is 69.4 Å². The standard InChI is InChI=1S/C26H31ClN2O3/c1-5-6-13-32-14-7-12-29-25(30)23(20-9-8-17(2)18(3)15-20)24(26(29)31)28-22-11-10-21(27)16-19(22)4/h8-11,15-16,28H,5-7,12-14H2,1-4H3. The highest BCUT2D eigenvalue weighted by Crippen LogP contribution is 2.32. The molecule has 0 saturated carbocycles. The van der Waals surface area contributed by atoms with Crippen molar-refractivity contribution in [2.75, 3.05) is 25.1 Å². The number of nitrogens with one attached hydrogen (secondary N) is 1. The van der Waals surface area contributed by atoms with E-state index in [0.29, 0.717) is 42.5 Å². The number of aryl methyl sites for hydroxylation is 3. The Bertz CT molecular complexity index is 1050. The molecule has 3 rings (SSSR count). The summed E-state index contributed by atoms with van der Waals surface area (Å²) < 4.78 is 5.60. The molecule has 0 saturated heterocycles. The first-order valence-corrected chi connectivity index (χ1v) is 11.5. The molecule has 0 bridgehead atoms. The first-order chi connectivity index (χ1) is 15.3. The molecule has 1 heterocycles. The average molecular weight is 455 g/mol. The number of imide groups is 1. The third kappa shape index (κ3) is 5.40. The fourth-order valence-corrected chi connectivity index (χ4v) is 3.86. The van der Waals surface area contributed by atoms with Crippen LogP contribution in [0.5, 0.6) is 0 Å². The molecule has 0 radical (unpaired) electrons. The molecular weight excluding hydrogens is 424 g/mol. The Kier molecular flexibility index (Phi) is 8.10. The van der Waals surface area contributed by atoms with Gasteiger partial charge in [-0.05, 0) is 74.1 Å². The lowest BCUT2D eigenvalue weighted by Gasteiger charge is -2.16. The molecule has 0 aliphatic carbocycles. The highest BCUT2D eigenvalue weighted by molar-refractivity contribution is 6.36. The van der Waals surface area contributed by atoms with E-state index in [9.17, 15) is 9.59 Å². The van der Waals surface area contributed by atoms with Crippen molar-refractivity contribution in [1.29, 1.82) is 0 Å². The van der Waals surface area contributed by atoms with Gasteiger partial charge in [0.15, 0.2) is 0 Å². The van der Waals surface area contributed by atoms with Crippen LogP contribution in [0.1, 0.15) is 48.4 Å².